The lowest BCUT2D eigenvalue weighted by Gasteiger charge is -2.35. The van der Waals surface area contributed by atoms with Crippen LogP contribution < -0.4 is 5.32 Å². The fourth-order valence-corrected chi connectivity index (χ4v) is 3.40. The number of amides is 2. The molecule has 3 rings (SSSR count). The molecule has 1 aliphatic heterocycles. The van der Waals surface area contributed by atoms with E-state index in [2.05, 4.69) is 5.32 Å². The van der Waals surface area contributed by atoms with Crippen molar-refractivity contribution in [3.05, 3.63) is 82.0 Å². The minimum Gasteiger partial charge on any atom is -0.463 e. The summed E-state index contributed by atoms with van der Waals surface area (Å²) >= 11 is 6.33. The highest BCUT2D eigenvalue weighted by Crippen LogP contribution is 2.35. The van der Waals surface area contributed by atoms with Crippen LogP contribution in [0.2, 0.25) is 5.02 Å². The van der Waals surface area contributed by atoms with Crippen molar-refractivity contribution in [3.8, 4) is 0 Å². The molecule has 0 saturated heterocycles. The molecule has 0 saturated carbocycles. The highest BCUT2D eigenvalue weighted by molar-refractivity contribution is 6.31. The van der Waals surface area contributed by atoms with Gasteiger partial charge in [0.2, 0.25) is 0 Å². The summed E-state index contributed by atoms with van der Waals surface area (Å²) in [4.78, 5) is 27.1. The number of esters is 1. The molecule has 0 fully saturated rings. The number of halogens is 1. The molecule has 2 aromatic carbocycles. The smallest absolute Gasteiger partial charge is 0.338 e. The number of urea groups is 1. The molecule has 27 heavy (non-hydrogen) atoms. The molecule has 0 aromatic heterocycles. The summed E-state index contributed by atoms with van der Waals surface area (Å²) in [5.74, 6) is -0.460. The first-order valence-electron chi connectivity index (χ1n) is 8.77. The number of rotatable bonds is 5. The van der Waals surface area contributed by atoms with Crippen molar-refractivity contribution in [1.29, 1.82) is 0 Å². The van der Waals surface area contributed by atoms with Crippen molar-refractivity contribution in [3.63, 3.8) is 0 Å². The van der Waals surface area contributed by atoms with Crippen LogP contribution in [0.3, 0.4) is 0 Å². The molecule has 2 aromatic rings. The van der Waals surface area contributed by atoms with Gasteiger partial charge in [0.05, 0.1) is 24.8 Å². The topological polar surface area (TPSA) is 58.6 Å². The minimum absolute atomic E-state index is 0.248. The average Bonchev–Trinajstić information content (AvgIpc) is 2.66. The van der Waals surface area contributed by atoms with Gasteiger partial charge >= 0.3 is 12.0 Å². The molecule has 0 unspecified atom stereocenters. The first kappa shape index (κ1) is 19.0. The normalized spacial score (nSPS) is 16.9. The molecule has 0 spiro atoms. The number of nitrogens with one attached hydrogen (secondary N) is 1. The molecule has 0 aliphatic carbocycles. The second-order valence-corrected chi connectivity index (χ2v) is 6.60. The van der Waals surface area contributed by atoms with Crippen LogP contribution in [-0.4, -0.2) is 23.5 Å². The van der Waals surface area contributed by atoms with E-state index in [-0.39, 0.29) is 12.6 Å². The van der Waals surface area contributed by atoms with Crippen LogP contribution in [0.15, 0.2) is 65.9 Å². The summed E-state index contributed by atoms with van der Waals surface area (Å²) in [6.07, 6.45) is 0. The molecule has 1 aliphatic rings. The van der Waals surface area contributed by atoms with Crippen LogP contribution in [0.25, 0.3) is 0 Å². The number of carbonyl (C=O) groups is 2. The van der Waals surface area contributed by atoms with E-state index in [9.17, 15) is 9.59 Å². The maximum absolute atomic E-state index is 12.8. The summed E-state index contributed by atoms with van der Waals surface area (Å²) < 4.78 is 5.26. The fraction of sp³-hybridized carbons (Fsp3) is 0.238. The highest BCUT2D eigenvalue weighted by atomic mass is 35.5. The van der Waals surface area contributed by atoms with E-state index in [1.807, 2.05) is 36.4 Å². The molecule has 1 N–H and O–H groups in total. The number of hydrogen-bond donors (Lipinski definition) is 1. The summed E-state index contributed by atoms with van der Waals surface area (Å²) in [5, 5.41) is 3.39. The van der Waals surface area contributed by atoms with Crippen molar-refractivity contribution in [2.45, 2.75) is 26.4 Å². The molecular weight excluding hydrogens is 364 g/mol. The van der Waals surface area contributed by atoms with E-state index < -0.39 is 12.0 Å². The van der Waals surface area contributed by atoms with Gasteiger partial charge in [0.25, 0.3) is 0 Å². The van der Waals surface area contributed by atoms with Crippen LogP contribution >= 0.6 is 11.6 Å². The van der Waals surface area contributed by atoms with Crippen LogP contribution in [0.1, 0.15) is 31.0 Å². The predicted octanol–water partition coefficient (Wildman–Crippen LogP) is 4.44. The van der Waals surface area contributed by atoms with Gasteiger partial charge in [-0.1, -0.05) is 60.1 Å². The van der Waals surface area contributed by atoms with E-state index in [1.54, 1.807) is 36.9 Å². The Balaban J connectivity index is 2.05. The third kappa shape index (κ3) is 3.98. The van der Waals surface area contributed by atoms with Gasteiger partial charge in [-0.15, -0.1) is 0 Å². The Morgan fingerprint density at radius 1 is 1.15 bits per heavy atom. The number of carbonyl (C=O) groups excluding carboxylic acids is 2. The Morgan fingerprint density at radius 3 is 2.48 bits per heavy atom. The Bertz CT molecular complexity index is 880. The minimum atomic E-state index is -0.655. The SMILES string of the molecule is CCOC(=O)C1=C(C)N(Cc2ccccc2)C(=O)N[C@@H]1c1ccccc1Cl. The van der Waals surface area contributed by atoms with Crippen LogP contribution in [0.4, 0.5) is 4.79 Å². The number of allylic oxidation sites excluding steroid dienone is 1. The number of hydrogen-bond acceptors (Lipinski definition) is 3. The van der Waals surface area contributed by atoms with Crippen molar-refractivity contribution in [1.82, 2.24) is 10.2 Å². The maximum atomic E-state index is 12.8. The number of benzene rings is 2. The van der Waals surface area contributed by atoms with Gasteiger partial charge in [0.1, 0.15) is 0 Å². The molecule has 2 amide bonds. The summed E-state index contributed by atoms with van der Waals surface area (Å²) in [7, 11) is 0. The van der Waals surface area contributed by atoms with Crippen LogP contribution in [0.5, 0.6) is 0 Å². The molecule has 5 nitrogen and oxygen atoms in total. The van der Waals surface area contributed by atoms with Gasteiger partial charge in [-0.2, -0.15) is 0 Å². The third-order valence-corrected chi connectivity index (χ3v) is 4.84. The van der Waals surface area contributed by atoms with E-state index >= 15 is 0 Å². The molecule has 0 bridgehead atoms. The number of ether oxygens (including phenoxy) is 1. The molecule has 1 atom stereocenters. The Morgan fingerprint density at radius 2 is 1.81 bits per heavy atom. The summed E-state index contributed by atoms with van der Waals surface area (Å²) in [6, 6.07) is 15.8. The van der Waals surface area contributed by atoms with Gasteiger partial charge in [0, 0.05) is 10.7 Å². The Hall–Kier alpha value is -2.79. The van der Waals surface area contributed by atoms with Gasteiger partial charge in [-0.05, 0) is 31.0 Å². The molecule has 140 valence electrons. The quantitative estimate of drug-likeness (QED) is 0.775. The predicted molar refractivity (Wildman–Crippen MR) is 104 cm³/mol. The largest absolute Gasteiger partial charge is 0.463 e. The van der Waals surface area contributed by atoms with E-state index in [0.717, 1.165) is 5.56 Å². The van der Waals surface area contributed by atoms with E-state index in [1.165, 1.54) is 0 Å². The van der Waals surface area contributed by atoms with Crippen molar-refractivity contribution >= 4 is 23.6 Å². The number of nitrogens with zero attached hydrogens (tertiary/aromatic N) is 1. The standard InChI is InChI=1S/C21H21ClN2O3/c1-3-27-20(25)18-14(2)24(13-15-9-5-4-6-10-15)21(26)23-19(18)16-11-7-8-12-17(16)22/h4-12,19H,3,13H2,1-2H3,(H,23,26)/t19-/m1/s1. The van der Waals surface area contributed by atoms with Crippen molar-refractivity contribution in [2.24, 2.45) is 0 Å². The zero-order chi connectivity index (χ0) is 19.4. The monoisotopic (exact) mass is 384 g/mol. The van der Waals surface area contributed by atoms with Crippen LogP contribution in [0, 0.1) is 0 Å². The first-order valence-corrected chi connectivity index (χ1v) is 9.15. The zero-order valence-corrected chi connectivity index (χ0v) is 16.0. The van der Waals surface area contributed by atoms with Crippen molar-refractivity contribution in [2.75, 3.05) is 6.61 Å². The lowest BCUT2D eigenvalue weighted by molar-refractivity contribution is -0.139. The molecular formula is C21H21ClN2O3. The van der Waals surface area contributed by atoms with Gasteiger partial charge in [-0.25, -0.2) is 9.59 Å². The highest BCUT2D eigenvalue weighted by Gasteiger charge is 2.37. The lowest BCUT2D eigenvalue weighted by atomic mass is 9.94. The van der Waals surface area contributed by atoms with Gasteiger partial charge in [-0.3, -0.25) is 4.90 Å². The molecule has 6 heteroatoms. The lowest BCUT2D eigenvalue weighted by Crippen LogP contribution is -2.47. The first-order chi connectivity index (χ1) is 13.0. The molecule has 0 radical (unpaired) electrons. The second kappa shape index (κ2) is 8.27. The molecule has 1 heterocycles. The fourth-order valence-electron chi connectivity index (χ4n) is 3.15. The second-order valence-electron chi connectivity index (χ2n) is 6.20. The van der Waals surface area contributed by atoms with Gasteiger partial charge < -0.3 is 10.1 Å². The third-order valence-electron chi connectivity index (χ3n) is 4.49. The maximum Gasteiger partial charge on any atom is 0.338 e. The van der Waals surface area contributed by atoms with Gasteiger partial charge in [0.15, 0.2) is 0 Å². The van der Waals surface area contributed by atoms with Crippen molar-refractivity contribution < 1.29 is 14.3 Å². The van der Waals surface area contributed by atoms with E-state index in [4.69, 9.17) is 16.3 Å². The Kier molecular flexibility index (Phi) is 5.81. The average molecular weight is 385 g/mol. The van der Waals surface area contributed by atoms with Crippen LogP contribution in [-0.2, 0) is 16.1 Å². The summed E-state index contributed by atoms with van der Waals surface area (Å²) in [6.45, 7) is 4.12. The summed E-state index contributed by atoms with van der Waals surface area (Å²) in [5.41, 5.74) is 2.58. The Labute approximate surface area is 163 Å². The zero-order valence-electron chi connectivity index (χ0n) is 15.2. The van der Waals surface area contributed by atoms with E-state index in [0.29, 0.717) is 28.4 Å².